The van der Waals surface area contributed by atoms with Crippen LogP contribution < -0.4 is 10.6 Å². The topological polar surface area (TPSA) is 77.2 Å². The van der Waals surface area contributed by atoms with Crippen LogP contribution in [0.5, 0.6) is 0 Å². The van der Waals surface area contributed by atoms with Crippen LogP contribution in [0.15, 0.2) is 24.3 Å². The van der Waals surface area contributed by atoms with Crippen molar-refractivity contribution < 1.29 is 14.3 Å². The van der Waals surface area contributed by atoms with Gasteiger partial charge in [-0.05, 0) is 6.07 Å². The van der Waals surface area contributed by atoms with Crippen molar-refractivity contribution in [3.63, 3.8) is 0 Å². The standard InChI is InChI=1S/C20H28ClN5O3S/c1-24-17-15(19(27)25(2)20(24)28)18(30-12-9-26-7-10-29-11-8-26)23-16(22-17)13-5-3-4-6-14(13)21/h3-6,15-18,22-23H,7-12H2,1-2H3. The molecule has 3 heterocycles. The summed E-state index contributed by atoms with van der Waals surface area (Å²) >= 11 is 8.17. The molecule has 3 aliphatic rings. The maximum Gasteiger partial charge on any atom is 0.327 e. The molecule has 0 radical (unpaired) electrons. The number of imide groups is 1. The van der Waals surface area contributed by atoms with E-state index in [1.807, 2.05) is 24.3 Å². The fourth-order valence-corrected chi connectivity index (χ4v) is 5.79. The molecule has 164 valence electrons. The van der Waals surface area contributed by atoms with Gasteiger partial charge >= 0.3 is 6.03 Å². The van der Waals surface area contributed by atoms with Gasteiger partial charge in [0.15, 0.2) is 0 Å². The van der Waals surface area contributed by atoms with E-state index < -0.39 is 6.17 Å². The monoisotopic (exact) mass is 453 g/mol. The number of carbonyl (C=O) groups excluding carboxylic acids is 2. The van der Waals surface area contributed by atoms with Crippen LogP contribution in [0.4, 0.5) is 4.79 Å². The van der Waals surface area contributed by atoms with Crippen molar-refractivity contribution in [3.8, 4) is 0 Å². The number of carbonyl (C=O) groups is 2. The SMILES string of the molecule is CN1C(=O)C2C(SCCN3CCOCC3)NC(c3ccccc3Cl)NC2N(C)C1=O. The average molecular weight is 454 g/mol. The summed E-state index contributed by atoms with van der Waals surface area (Å²) < 4.78 is 5.42. The van der Waals surface area contributed by atoms with Gasteiger partial charge in [0.05, 0.1) is 36.8 Å². The number of ether oxygens (including phenoxy) is 1. The second kappa shape index (κ2) is 9.42. The smallest absolute Gasteiger partial charge is 0.327 e. The molecule has 3 saturated heterocycles. The van der Waals surface area contributed by atoms with Crippen molar-refractivity contribution in [1.82, 2.24) is 25.3 Å². The molecule has 30 heavy (non-hydrogen) atoms. The predicted molar refractivity (Wildman–Crippen MR) is 117 cm³/mol. The Morgan fingerprint density at radius 3 is 2.63 bits per heavy atom. The number of hydrogen-bond acceptors (Lipinski definition) is 7. The van der Waals surface area contributed by atoms with Gasteiger partial charge in [0.1, 0.15) is 0 Å². The molecule has 4 rings (SSSR count). The van der Waals surface area contributed by atoms with Crippen molar-refractivity contribution in [1.29, 1.82) is 0 Å². The Morgan fingerprint density at radius 2 is 1.90 bits per heavy atom. The number of halogens is 1. The van der Waals surface area contributed by atoms with Gasteiger partial charge in [-0.15, -0.1) is 11.8 Å². The molecular weight excluding hydrogens is 426 g/mol. The molecule has 0 bridgehead atoms. The Kier molecular flexibility index (Phi) is 6.86. The maximum absolute atomic E-state index is 13.0. The first-order valence-electron chi connectivity index (χ1n) is 10.2. The zero-order valence-corrected chi connectivity index (χ0v) is 18.8. The van der Waals surface area contributed by atoms with Crippen LogP contribution in [-0.2, 0) is 9.53 Å². The Balaban J connectivity index is 1.53. The first-order valence-corrected chi connectivity index (χ1v) is 11.6. The number of thioether (sulfide) groups is 1. The number of hydrogen-bond donors (Lipinski definition) is 2. The molecule has 0 aliphatic carbocycles. The van der Waals surface area contributed by atoms with Gasteiger partial charge in [-0.25, -0.2) is 4.79 Å². The second-order valence-electron chi connectivity index (χ2n) is 7.79. The van der Waals surface area contributed by atoms with Gasteiger partial charge in [-0.1, -0.05) is 29.8 Å². The first-order chi connectivity index (χ1) is 14.5. The number of rotatable bonds is 5. The minimum Gasteiger partial charge on any atom is -0.379 e. The number of benzene rings is 1. The third kappa shape index (κ3) is 4.32. The highest BCUT2D eigenvalue weighted by molar-refractivity contribution is 7.99. The lowest BCUT2D eigenvalue weighted by Crippen LogP contribution is -2.72. The highest BCUT2D eigenvalue weighted by atomic mass is 35.5. The van der Waals surface area contributed by atoms with E-state index in [9.17, 15) is 9.59 Å². The lowest BCUT2D eigenvalue weighted by atomic mass is 9.96. The maximum atomic E-state index is 13.0. The summed E-state index contributed by atoms with van der Waals surface area (Å²) in [4.78, 5) is 30.8. The number of fused-ring (bicyclic) bond motifs is 1. The van der Waals surface area contributed by atoms with E-state index in [0.29, 0.717) is 5.02 Å². The van der Waals surface area contributed by atoms with E-state index in [2.05, 4.69) is 15.5 Å². The van der Waals surface area contributed by atoms with Crippen molar-refractivity contribution in [2.75, 3.05) is 52.7 Å². The predicted octanol–water partition coefficient (Wildman–Crippen LogP) is 1.39. The molecule has 1 aromatic carbocycles. The highest BCUT2D eigenvalue weighted by Gasteiger charge is 2.51. The summed E-state index contributed by atoms with van der Waals surface area (Å²) in [5.41, 5.74) is 0.906. The highest BCUT2D eigenvalue weighted by Crippen LogP contribution is 2.35. The quantitative estimate of drug-likeness (QED) is 0.697. The Bertz CT molecular complexity index is 793. The van der Waals surface area contributed by atoms with Crippen LogP contribution in [0, 0.1) is 5.92 Å². The number of nitrogens with one attached hydrogen (secondary N) is 2. The average Bonchev–Trinajstić information content (AvgIpc) is 2.77. The zero-order valence-electron chi connectivity index (χ0n) is 17.2. The molecule has 3 fully saturated rings. The zero-order chi connectivity index (χ0) is 21.3. The lowest BCUT2D eigenvalue weighted by molar-refractivity contribution is -0.140. The number of urea groups is 1. The van der Waals surface area contributed by atoms with E-state index in [0.717, 1.165) is 44.2 Å². The van der Waals surface area contributed by atoms with Gasteiger partial charge in [0.2, 0.25) is 5.91 Å². The van der Waals surface area contributed by atoms with Gasteiger partial charge in [-0.2, -0.15) is 0 Å². The normalized spacial score (nSPS) is 30.5. The summed E-state index contributed by atoms with van der Waals surface area (Å²) in [7, 11) is 3.29. The van der Waals surface area contributed by atoms with Gasteiger partial charge in [0, 0.05) is 50.1 Å². The number of nitrogens with zero attached hydrogens (tertiary/aromatic N) is 3. The number of amides is 3. The third-order valence-electron chi connectivity index (χ3n) is 5.98. The third-order valence-corrected chi connectivity index (χ3v) is 7.53. The van der Waals surface area contributed by atoms with E-state index in [1.165, 1.54) is 4.90 Å². The molecule has 0 saturated carbocycles. The molecule has 10 heteroatoms. The van der Waals surface area contributed by atoms with E-state index >= 15 is 0 Å². The molecule has 0 spiro atoms. The Morgan fingerprint density at radius 1 is 1.17 bits per heavy atom. The molecular formula is C20H28ClN5O3S. The summed E-state index contributed by atoms with van der Waals surface area (Å²) in [5, 5.41) is 7.50. The summed E-state index contributed by atoms with van der Waals surface area (Å²) in [6.07, 6.45) is -0.656. The Labute approximate surface area is 186 Å². The minimum absolute atomic E-state index is 0.149. The molecule has 2 N–H and O–H groups in total. The van der Waals surface area contributed by atoms with Gasteiger partial charge in [-0.3, -0.25) is 25.2 Å². The minimum atomic E-state index is -0.399. The Hall–Kier alpha value is -1.36. The lowest BCUT2D eigenvalue weighted by Gasteiger charge is -2.50. The summed E-state index contributed by atoms with van der Waals surface area (Å²) in [6.45, 7) is 4.35. The largest absolute Gasteiger partial charge is 0.379 e. The van der Waals surface area contributed by atoms with Crippen LogP contribution in [0.25, 0.3) is 0 Å². The van der Waals surface area contributed by atoms with E-state index in [-0.39, 0.29) is 29.4 Å². The van der Waals surface area contributed by atoms with Crippen molar-refractivity contribution in [3.05, 3.63) is 34.9 Å². The van der Waals surface area contributed by atoms with Crippen LogP contribution in [-0.4, -0.2) is 90.9 Å². The van der Waals surface area contributed by atoms with Crippen LogP contribution in [0.3, 0.4) is 0 Å². The molecule has 8 nitrogen and oxygen atoms in total. The van der Waals surface area contributed by atoms with Crippen molar-refractivity contribution >= 4 is 35.3 Å². The fraction of sp³-hybridized carbons (Fsp3) is 0.600. The van der Waals surface area contributed by atoms with Crippen molar-refractivity contribution in [2.24, 2.45) is 5.92 Å². The molecule has 3 amide bonds. The molecule has 4 unspecified atom stereocenters. The van der Waals surface area contributed by atoms with Crippen LogP contribution >= 0.6 is 23.4 Å². The van der Waals surface area contributed by atoms with Gasteiger partial charge < -0.3 is 9.64 Å². The summed E-state index contributed by atoms with van der Waals surface area (Å²) in [5.74, 6) is 0.334. The van der Waals surface area contributed by atoms with Crippen molar-refractivity contribution in [2.45, 2.75) is 17.7 Å². The molecule has 3 aliphatic heterocycles. The van der Waals surface area contributed by atoms with Gasteiger partial charge in [0.25, 0.3) is 0 Å². The van der Waals surface area contributed by atoms with Crippen LogP contribution in [0.2, 0.25) is 5.02 Å². The summed E-state index contributed by atoms with van der Waals surface area (Å²) in [6, 6.07) is 7.33. The number of morpholine rings is 1. The van der Waals surface area contributed by atoms with E-state index in [4.69, 9.17) is 16.3 Å². The first kappa shape index (κ1) is 21.9. The molecule has 1 aromatic rings. The van der Waals surface area contributed by atoms with E-state index in [1.54, 1.807) is 30.8 Å². The molecule has 4 atom stereocenters. The fourth-order valence-electron chi connectivity index (χ4n) is 4.22. The second-order valence-corrected chi connectivity index (χ2v) is 9.45. The molecule has 0 aromatic heterocycles. The van der Waals surface area contributed by atoms with Crippen LogP contribution in [0.1, 0.15) is 11.7 Å².